The molecule has 2 rings (SSSR count). The largest absolute Gasteiger partial charge is 0.491 e. The highest BCUT2D eigenvalue weighted by Gasteiger charge is 2.08. The van der Waals surface area contributed by atoms with E-state index in [1.807, 2.05) is 36.4 Å². The zero-order valence-electron chi connectivity index (χ0n) is 11.0. The first-order chi connectivity index (χ1) is 9.19. The molecule has 19 heavy (non-hydrogen) atoms. The van der Waals surface area contributed by atoms with Gasteiger partial charge in [-0.15, -0.1) is 0 Å². The molecule has 100 valence electrons. The van der Waals surface area contributed by atoms with E-state index >= 15 is 0 Å². The van der Waals surface area contributed by atoms with Crippen molar-refractivity contribution in [1.29, 1.82) is 0 Å². The Morgan fingerprint density at radius 2 is 1.89 bits per heavy atom. The number of ether oxygens (including phenoxy) is 1. The summed E-state index contributed by atoms with van der Waals surface area (Å²) >= 11 is 0. The highest BCUT2D eigenvalue weighted by atomic mass is 16.5. The molecule has 0 aliphatic heterocycles. The number of nitrogen functional groups attached to an aromatic ring is 1. The van der Waals surface area contributed by atoms with Gasteiger partial charge in [-0.05, 0) is 41.8 Å². The second-order valence-corrected chi connectivity index (χ2v) is 4.49. The molecule has 3 nitrogen and oxygen atoms in total. The highest BCUT2D eigenvalue weighted by Crippen LogP contribution is 2.18. The normalized spacial score (nSPS) is 12.1. The lowest BCUT2D eigenvalue weighted by Crippen LogP contribution is -2.09. The lowest BCUT2D eigenvalue weighted by molar-refractivity contribution is 0.108. The minimum Gasteiger partial charge on any atom is -0.491 e. The summed E-state index contributed by atoms with van der Waals surface area (Å²) in [5.74, 6) is 0.764. The molecular formula is C16H19NO2. The third-order valence-electron chi connectivity index (χ3n) is 3.03. The van der Waals surface area contributed by atoms with Gasteiger partial charge in [-0.25, -0.2) is 0 Å². The lowest BCUT2D eigenvalue weighted by Gasteiger charge is -2.13. The lowest BCUT2D eigenvalue weighted by atomic mass is 10.1. The highest BCUT2D eigenvalue weighted by molar-refractivity contribution is 5.41. The van der Waals surface area contributed by atoms with Crippen molar-refractivity contribution in [3.8, 4) is 5.75 Å². The fraction of sp³-hybridized carbons (Fsp3) is 0.250. The third kappa shape index (κ3) is 3.73. The number of aliphatic hydroxyl groups is 1. The Morgan fingerprint density at radius 1 is 1.16 bits per heavy atom. The van der Waals surface area contributed by atoms with Crippen molar-refractivity contribution in [2.24, 2.45) is 0 Å². The van der Waals surface area contributed by atoms with E-state index < -0.39 is 6.10 Å². The predicted molar refractivity (Wildman–Crippen MR) is 77.1 cm³/mol. The van der Waals surface area contributed by atoms with Crippen LogP contribution < -0.4 is 10.5 Å². The monoisotopic (exact) mass is 257 g/mol. The van der Waals surface area contributed by atoms with Gasteiger partial charge in [-0.3, -0.25) is 0 Å². The van der Waals surface area contributed by atoms with Crippen LogP contribution in [0.2, 0.25) is 0 Å². The van der Waals surface area contributed by atoms with Crippen LogP contribution in [-0.2, 0) is 6.42 Å². The van der Waals surface area contributed by atoms with Gasteiger partial charge in [0.15, 0.2) is 0 Å². The maximum atomic E-state index is 10.0. The Balaban J connectivity index is 1.94. The van der Waals surface area contributed by atoms with E-state index in [4.69, 9.17) is 10.5 Å². The molecule has 1 atom stereocenters. The van der Waals surface area contributed by atoms with Crippen LogP contribution in [0.4, 0.5) is 5.69 Å². The summed E-state index contributed by atoms with van der Waals surface area (Å²) in [7, 11) is 0. The first-order valence-electron chi connectivity index (χ1n) is 6.44. The van der Waals surface area contributed by atoms with E-state index in [1.165, 1.54) is 5.56 Å². The van der Waals surface area contributed by atoms with Crippen molar-refractivity contribution >= 4 is 5.69 Å². The van der Waals surface area contributed by atoms with Crippen LogP contribution in [0, 0.1) is 0 Å². The molecule has 0 radical (unpaired) electrons. The van der Waals surface area contributed by atoms with Crippen LogP contribution in [0.1, 0.15) is 24.2 Å². The van der Waals surface area contributed by atoms with Crippen LogP contribution in [0.3, 0.4) is 0 Å². The fourth-order valence-electron chi connectivity index (χ4n) is 1.86. The van der Waals surface area contributed by atoms with E-state index in [9.17, 15) is 5.11 Å². The smallest absolute Gasteiger partial charge is 0.119 e. The summed E-state index contributed by atoms with van der Waals surface area (Å²) in [5, 5.41) is 10.0. The molecule has 0 spiro atoms. The van der Waals surface area contributed by atoms with Crippen LogP contribution in [0.15, 0.2) is 48.5 Å². The van der Waals surface area contributed by atoms with Crippen molar-refractivity contribution in [2.45, 2.75) is 19.4 Å². The molecule has 0 saturated heterocycles. The van der Waals surface area contributed by atoms with Crippen LogP contribution in [0.5, 0.6) is 5.75 Å². The van der Waals surface area contributed by atoms with Gasteiger partial charge in [-0.1, -0.05) is 31.2 Å². The summed E-state index contributed by atoms with van der Waals surface area (Å²) in [6.07, 6.45) is 0.334. The van der Waals surface area contributed by atoms with Gasteiger partial charge in [0.05, 0.1) is 0 Å². The average Bonchev–Trinajstić information content (AvgIpc) is 2.45. The van der Waals surface area contributed by atoms with Crippen molar-refractivity contribution < 1.29 is 9.84 Å². The van der Waals surface area contributed by atoms with Gasteiger partial charge in [-0.2, -0.15) is 0 Å². The number of anilines is 1. The SMILES string of the molecule is CCc1ccc(OCC(O)c2cccc(N)c2)cc1. The first kappa shape index (κ1) is 13.4. The maximum absolute atomic E-state index is 10.0. The van der Waals surface area contributed by atoms with E-state index in [2.05, 4.69) is 6.92 Å². The van der Waals surface area contributed by atoms with Gasteiger partial charge in [0, 0.05) is 5.69 Å². The molecule has 0 aromatic heterocycles. The molecule has 3 heteroatoms. The minimum atomic E-state index is -0.672. The number of aryl methyl sites for hydroxylation is 1. The maximum Gasteiger partial charge on any atom is 0.119 e. The average molecular weight is 257 g/mol. The molecule has 2 aromatic carbocycles. The number of nitrogens with two attached hydrogens (primary N) is 1. The Labute approximate surface area is 113 Å². The zero-order chi connectivity index (χ0) is 13.7. The minimum absolute atomic E-state index is 0.217. The van der Waals surface area contributed by atoms with Crippen LogP contribution >= 0.6 is 0 Å². The Kier molecular flexibility index (Phi) is 4.42. The van der Waals surface area contributed by atoms with Gasteiger partial charge in [0.25, 0.3) is 0 Å². The molecule has 0 fully saturated rings. The van der Waals surface area contributed by atoms with E-state index in [0.717, 1.165) is 17.7 Å². The summed E-state index contributed by atoms with van der Waals surface area (Å²) in [6, 6.07) is 15.1. The third-order valence-corrected chi connectivity index (χ3v) is 3.03. The number of hydrogen-bond acceptors (Lipinski definition) is 3. The molecular weight excluding hydrogens is 238 g/mol. The first-order valence-corrected chi connectivity index (χ1v) is 6.44. The van der Waals surface area contributed by atoms with E-state index in [0.29, 0.717) is 5.69 Å². The molecule has 2 aromatic rings. The standard InChI is InChI=1S/C16H19NO2/c1-2-12-6-8-15(9-7-12)19-11-16(18)13-4-3-5-14(17)10-13/h3-10,16,18H,2,11,17H2,1H3. The van der Waals surface area contributed by atoms with Crippen LogP contribution in [-0.4, -0.2) is 11.7 Å². The van der Waals surface area contributed by atoms with Crippen molar-refractivity contribution in [3.05, 3.63) is 59.7 Å². The van der Waals surface area contributed by atoms with Gasteiger partial charge in [0.2, 0.25) is 0 Å². The topological polar surface area (TPSA) is 55.5 Å². The quantitative estimate of drug-likeness (QED) is 0.810. The predicted octanol–water partition coefficient (Wildman–Crippen LogP) is 2.94. The van der Waals surface area contributed by atoms with Crippen molar-refractivity contribution in [2.75, 3.05) is 12.3 Å². The zero-order valence-corrected chi connectivity index (χ0v) is 11.0. The second kappa shape index (κ2) is 6.25. The summed E-state index contributed by atoms with van der Waals surface area (Å²) in [5.41, 5.74) is 8.36. The Bertz CT molecular complexity index is 523. The number of hydrogen-bond donors (Lipinski definition) is 2. The van der Waals surface area contributed by atoms with Crippen LogP contribution in [0.25, 0.3) is 0 Å². The van der Waals surface area contributed by atoms with Gasteiger partial charge in [0.1, 0.15) is 18.5 Å². The summed E-state index contributed by atoms with van der Waals surface area (Å²) in [6.45, 7) is 2.33. The Morgan fingerprint density at radius 3 is 2.53 bits per heavy atom. The molecule has 1 unspecified atom stereocenters. The number of benzene rings is 2. The molecule has 0 aliphatic rings. The summed E-state index contributed by atoms with van der Waals surface area (Å²) < 4.78 is 5.57. The van der Waals surface area contributed by atoms with E-state index in [1.54, 1.807) is 12.1 Å². The number of rotatable bonds is 5. The van der Waals surface area contributed by atoms with Crippen molar-refractivity contribution in [3.63, 3.8) is 0 Å². The van der Waals surface area contributed by atoms with Gasteiger partial charge >= 0.3 is 0 Å². The molecule has 0 amide bonds. The second-order valence-electron chi connectivity index (χ2n) is 4.49. The molecule has 3 N–H and O–H groups in total. The van der Waals surface area contributed by atoms with E-state index in [-0.39, 0.29) is 6.61 Å². The van der Waals surface area contributed by atoms with Gasteiger partial charge < -0.3 is 15.6 Å². The molecule has 0 saturated carbocycles. The molecule has 0 aliphatic carbocycles. The Hall–Kier alpha value is -2.00. The number of aliphatic hydroxyl groups excluding tert-OH is 1. The van der Waals surface area contributed by atoms with Crippen molar-refractivity contribution in [1.82, 2.24) is 0 Å². The fourth-order valence-corrected chi connectivity index (χ4v) is 1.86. The molecule has 0 heterocycles. The molecule has 0 bridgehead atoms. The summed E-state index contributed by atoms with van der Waals surface area (Å²) in [4.78, 5) is 0.